The van der Waals surface area contributed by atoms with Gasteiger partial charge < -0.3 is 4.52 Å². The number of benzene rings is 2. The molecule has 0 saturated carbocycles. The van der Waals surface area contributed by atoms with Crippen LogP contribution in [0.3, 0.4) is 0 Å². The number of hydrogen-bond donors (Lipinski definition) is 0. The van der Waals surface area contributed by atoms with Crippen molar-refractivity contribution in [2.24, 2.45) is 0 Å². The lowest BCUT2D eigenvalue weighted by Crippen LogP contribution is -1.75. The maximum atomic E-state index is 6.06. The molecule has 3 aromatic rings. The molecule has 0 aliphatic heterocycles. The fourth-order valence-corrected chi connectivity index (χ4v) is 2.30. The molecule has 1 heterocycles. The van der Waals surface area contributed by atoms with Gasteiger partial charge in [-0.25, -0.2) is 0 Å². The van der Waals surface area contributed by atoms with E-state index in [1.807, 2.05) is 36.4 Å². The minimum absolute atomic E-state index is 0.499. The van der Waals surface area contributed by atoms with Crippen molar-refractivity contribution in [1.29, 1.82) is 0 Å². The summed E-state index contributed by atoms with van der Waals surface area (Å²) in [4.78, 5) is 0. The van der Waals surface area contributed by atoms with Crippen molar-refractivity contribution < 1.29 is 4.52 Å². The van der Waals surface area contributed by atoms with Crippen molar-refractivity contribution >= 4 is 34.1 Å². The van der Waals surface area contributed by atoms with Crippen LogP contribution in [0.25, 0.3) is 22.2 Å². The third kappa shape index (κ3) is 1.79. The highest BCUT2D eigenvalue weighted by Crippen LogP contribution is 2.34. The molecule has 3 rings (SSSR count). The molecule has 0 N–H and O–H groups in total. The Labute approximate surface area is 108 Å². The lowest BCUT2D eigenvalue weighted by Gasteiger charge is -1.97. The maximum absolute atomic E-state index is 6.06. The molecule has 2 aromatic carbocycles. The molecule has 0 unspecified atom stereocenters. The first-order chi connectivity index (χ1) is 8.25. The molecule has 0 aliphatic rings. The molecule has 0 fully saturated rings. The molecule has 0 bridgehead atoms. The SMILES string of the molecule is Clc1cc(Cl)c2noc(-c3ccccc3)c2c1. The Balaban J connectivity index is 2.32. The Morgan fingerprint density at radius 3 is 2.53 bits per heavy atom. The van der Waals surface area contributed by atoms with E-state index >= 15 is 0 Å². The zero-order chi connectivity index (χ0) is 11.8. The van der Waals surface area contributed by atoms with Gasteiger partial charge in [0.25, 0.3) is 0 Å². The summed E-state index contributed by atoms with van der Waals surface area (Å²) in [7, 11) is 0. The van der Waals surface area contributed by atoms with E-state index in [4.69, 9.17) is 27.7 Å². The molecule has 0 spiro atoms. The lowest BCUT2D eigenvalue weighted by atomic mass is 10.1. The monoisotopic (exact) mass is 263 g/mol. The van der Waals surface area contributed by atoms with Crippen molar-refractivity contribution in [2.75, 3.05) is 0 Å². The highest BCUT2D eigenvalue weighted by Gasteiger charge is 2.13. The van der Waals surface area contributed by atoms with Crippen LogP contribution in [-0.4, -0.2) is 5.16 Å². The van der Waals surface area contributed by atoms with Crippen LogP contribution in [0.15, 0.2) is 47.0 Å². The topological polar surface area (TPSA) is 26.0 Å². The maximum Gasteiger partial charge on any atom is 0.174 e. The zero-order valence-corrected chi connectivity index (χ0v) is 10.2. The highest BCUT2D eigenvalue weighted by molar-refractivity contribution is 6.38. The van der Waals surface area contributed by atoms with E-state index in [1.165, 1.54) is 0 Å². The first-order valence-corrected chi connectivity index (χ1v) is 5.81. The molecule has 0 aliphatic carbocycles. The van der Waals surface area contributed by atoms with Crippen LogP contribution in [0.1, 0.15) is 0 Å². The van der Waals surface area contributed by atoms with Gasteiger partial charge in [0.2, 0.25) is 0 Å². The van der Waals surface area contributed by atoms with Crippen molar-refractivity contribution in [2.45, 2.75) is 0 Å². The van der Waals surface area contributed by atoms with Crippen molar-refractivity contribution in [3.05, 3.63) is 52.5 Å². The van der Waals surface area contributed by atoms with E-state index in [0.717, 1.165) is 10.9 Å². The van der Waals surface area contributed by atoms with Crippen LogP contribution in [0.2, 0.25) is 10.0 Å². The van der Waals surface area contributed by atoms with Crippen molar-refractivity contribution in [1.82, 2.24) is 5.16 Å². The summed E-state index contributed by atoms with van der Waals surface area (Å²) in [6, 6.07) is 13.2. The molecule has 2 nitrogen and oxygen atoms in total. The van der Waals surface area contributed by atoms with Gasteiger partial charge in [0.1, 0.15) is 5.52 Å². The summed E-state index contributed by atoms with van der Waals surface area (Å²) in [6.07, 6.45) is 0. The van der Waals surface area contributed by atoms with Crippen LogP contribution in [0, 0.1) is 0 Å². The van der Waals surface area contributed by atoms with E-state index < -0.39 is 0 Å². The Bertz CT molecular complexity index is 676. The second-order valence-corrected chi connectivity index (χ2v) is 4.51. The number of halogens is 2. The average Bonchev–Trinajstić information content (AvgIpc) is 2.74. The van der Waals surface area contributed by atoms with Gasteiger partial charge >= 0.3 is 0 Å². The minimum Gasteiger partial charge on any atom is -0.355 e. The van der Waals surface area contributed by atoms with Crippen molar-refractivity contribution in [3.8, 4) is 11.3 Å². The van der Waals surface area contributed by atoms with E-state index in [-0.39, 0.29) is 0 Å². The number of hydrogen-bond acceptors (Lipinski definition) is 2. The average molecular weight is 264 g/mol. The smallest absolute Gasteiger partial charge is 0.174 e. The fourth-order valence-electron chi connectivity index (χ4n) is 1.77. The predicted molar refractivity (Wildman–Crippen MR) is 69.5 cm³/mol. The molecule has 0 saturated heterocycles. The standard InChI is InChI=1S/C13H7Cl2NO/c14-9-6-10-12(11(15)7-9)16-17-13(10)8-4-2-1-3-5-8/h1-7H. The van der Waals surface area contributed by atoms with Crippen LogP contribution in [0.5, 0.6) is 0 Å². The Morgan fingerprint density at radius 2 is 1.76 bits per heavy atom. The van der Waals surface area contributed by atoms with Crippen LogP contribution < -0.4 is 0 Å². The second kappa shape index (κ2) is 4.06. The number of aromatic nitrogens is 1. The largest absolute Gasteiger partial charge is 0.355 e. The fraction of sp³-hybridized carbons (Fsp3) is 0. The van der Waals surface area contributed by atoms with E-state index in [9.17, 15) is 0 Å². The third-order valence-electron chi connectivity index (χ3n) is 2.54. The zero-order valence-electron chi connectivity index (χ0n) is 8.65. The van der Waals surface area contributed by atoms with Gasteiger partial charge in [0.05, 0.1) is 10.4 Å². The second-order valence-electron chi connectivity index (χ2n) is 3.66. The Morgan fingerprint density at radius 1 is 1.00 bits per heavy atom. The molecular weight excluding hydrogens is 257 g/mol. The molecule has 1 aromatic heterocycles. The molecule has 17 heavy (non-hydrogen) atoms. The Hall–Kier alpha value is -1.51. The molecule has 84 valence electrons. The van der Waals surface area contributed by atoms with E-state index in [0.29, 0.717) is 21.3 Å². The summed E-state index contributed by atoms with van der Waals surface area (Å²) in [5.74, 6) is 0.685. The Kier molecular flexibility index (Phi) is 2.54. The van der Waals surface area contributed by atoms with E-state index in [2.05, 4.69) is 5.16 Å². The van der Waals surface area contributed by atoms with Crippen molar-refractivity contribution in [3.63, 3.8) is 0 Å². The van der Waals surface area contributed by atoms with Gasteiger partial charge in [-0.15, -0.1) is 0 Å². The molecule has 0 atom stereocenters. The molecule has 4 heteroatoms. The summed E-state index contributed by atoms with van der Waals surface area (Å²) in [5, 5.41) is 5.87. The van der Waals surface area contributed by atoms with Crippen LogP contribution in [-0.2, 0) is 0 Å². The number of rotatable bonds is 1. The first-order valence-electron chi connectivity index (χ1n) is 5.05. The quantitative estimate of drug-likeness (QED) is 0.630. The summed E-state index contributed by atoms with van der Waals surface area (Å²) >= 11 is 12.0. The summed E-state index contributed by atoms with van der Waals surface area (Å²) in [5.41, 5.74) is 1.59. The molecular formula is C13H7Cl2NO. The number of nitrogens with zero attached hydrogens (tertiary/aromatic N) is 1. The van der Waals surface area contributed by atoms with Gasteiger partial charge in [0, 0.05) is 10.6 Å². The normalized spacial score (nSPS) is 10.9. The minimum atomic E-state index is 0.499. The first kappa shape index (κ1) is 10.6. The lowest BCUT2D eigenvalue weighted by molar-refractivity contribution is 0.441. The van der Waals surface area contributed by atoms with Gasteiger partial charge in [-0.3, -0.25) is 0 Å². The third-order valence-corrected chi connectivity index (χ3v) is 3.04. The predicted octanol–water partition coefficient (Wildman–Crippen LogP) is 4.80. The van der Waals surface area contributed by atoms with E-state index in [1.54, 1.807) is 6.07 Å². The number of fused-ring (bicyclic) bond motifs is 1. The molecule has 0 amide bonds. The summed E-state index contributed by atoms with van der Waals surface area (Å²) < 4.78 is 5.34. The van der Waals surface area contributed by atoms with Gasteiger partial charge in [0.15, 0.2) is 5.76 Å². The van der Waals surface area contributed by atoms with Gasteiger partial charge in [-0.1, -0.05) is 58.7 Å². The van der Waals surface area contributed by atoms with Gasteiger partial charge in [-0.05, 0) is 12.1 Å². The molecule has 0 radical (unpaired) electrons. The van der Waals surface area contributed by atoms with Crippen LogP contribution in [0.4, 0.5) is 0 Å². The summed E-state index contributed by atoms with van der Waals surface area (Å²) in [6.45, 7) is 0. The highest BCUT2D eigenvalue weighted by atomic mass is 35.5. The van der Waals surface area contributed by atoms with Crippen LogP contribution >= 0.6 is 23.2 Å². The van der Waals surface area contributed by atoms with Gasteiger partial charge in [-0.2, -0.15) is 0 Å².